The molecule has 24 heavy (non-hydrogen) atoms. The SMILES string of the molecule is O=C(N/N=C/c1ccc(N2CCOCC2)cc1)c1ccc(F)cc1. The monoisotopic (exact) mass is 327 g/mol. The molecule has 5 nitrogen and oxygen atoms in total. The van der Waals surface area contributed by atoms with Crippen LogP contribution in [0.25, 0.3) is 0 Å². The second-order valence-electron chi connectivity index (χ2n) is 5.40. The number of morpholine rings is 1. The smallest absolute Gasteiger partial charge is 0.271 e. The number of nitrogens with zero attached hydrogens (tertiary/aromatic N) is 2. The minimum atomic E-state index is -0.379. The van der Waals surface area contributed by atoms with Crippen molar-refractivity contribution in [2.75, 3.05) is 31.2 Å². The third-order valence-corrected chi connectivity index (χ3v) is 3.76. The Bertz CT molecular complexity index is 708. The summed E-state index contributed by atoms with van der Waals surface area (Å²) in [7, 11) is 0. The molecular formula is C18H18FN3O2. The largest absolute Gasteiger partial charge is 0.378 e. The fourth-order valence-corrected chi connectivity index (χ4v) is 2.42. The molecule has 0 spiro atoms. The molecule has 1 amide bonds. The molecule has 6 heteroatoms. The van der Waals surface area contributed by atoms with Gasteiger partial charge in [-0.3, -0.25) is 4.79 Å². The van der Waals surface area contributed by atoms with Gasteiger partial charge in [0.15, 0.2) is 0 Å². The van der Waals surface area contributed by atoms with Gasteiger partial charge in [0.25, 0.3) is 5.91 Å². The number of nitrogens with one attached hydrogen (secondary N) is 1. The molecule has 1 fully saturated rings. The maximum absolute atomic E-state index is 12.8. The zero-order chi connectivity index (χ0) is 16.8. The van der Waals surface area contributed by atoms with Gasteiger partial charge in [-0.1, -0.05) is 12.1 Å². The van der Waals surface area contributed by atoms with Gasteiger partial charge >= 0.3 is 0 Å². The minimum absolute atomic E-state index is 0.358. The second kappa shape index (κ2) is 7.70. The Hall–Kier alpha value is -2.73. The molecule has 0 unspecified atom stereocenters. The Kier molecular flexibility index (Phi) is 5.18. The lowest BCUT2D eigenvalue weighted by molar-refractivity contribution is 0.0955. The number of anilines is 1. The van der Waals surface area contributed by atoms with E-state index in [1.54, 1.807) is 6.21 Å². The van der Waals surface area contributed by atoms with Gasteiger partial charge in [-0.05, 0) is 42.0 Å². The highest BCUT2D eigenvalue weighted by Gasteiger charge is 2.10. The van der Waals surface area contributed by atoms with Crippen LogP contribution in [0, 0.1) is 5.82 Å². The molecule has 1 N–H and O–H groups in total. The highest BCUT2D eigenvalue weighted by atomic mass is 19.1. The van der Waals surface area contributed by atoms with Crippen LogP contribution in [0.15, 0.2) is 53.6 Å². The first kappa shape index (κ1) is 16.1. The van der Waals surface area contributed by atoms with Crippen LogP contribution < -0.4 is 10.3 Å². The predicted molar refractivity (Wildman–Crippen MR) is 90.9 cm³/mol. The number of amides is 1. The van der Waals surface area contributed by atoms with E-state index >= 15 is 0 Å². The molecular weight excluding hydrogens is 309 g/mol. The molecule has 2 aromatic rings. The van der Waals surface area contributed by atoms with E-state index in [0.29, 0.717) is 5.56 Å². The van der Waals surface area contributed by atoms with Crippen molar-refractivity contribution in [2.24, 2.45) is 5.10 Å². The molecule has 124 valence electrons. The van der Waals surface area contributed by atoms with E-state index in [-0.39, 0.29) is 11.7 Å². The maximum Gasteiger partial charge on any atom is 0.271 e. The Morgan fingerprint density at radius 2 is 1.75 bits per heavy atom. The van der Waals surface area contributed by atoms with E-state index in [0.717, 1.165) is 37.6 Å². The summed E-state index contributed by atoms with van der Waals surface area (Å²) < 4.78 is 18.2. The summed E-state index contributed by atoms with van der Waals surface area (Å²) in [5.74, 6) is -0.758. The number of halogens is 1. The molecule has 0 bridgehead atoms. The Labute approximate surface area is 139 Å². The van der Waals surface area contributed by atoms with Crippen molar-refractivity contribution in [3.05, 3.63) is 65.5 Å². The summed E-state index contributed by atoms with van der Waals surface area (Å²) >= 11 is 0. The fourth-order valence-electron chi connectivity index (χ4n) is 2.42. The van der Waals surface area contributed by atoms with Crippen LogP contribution >= 0.6 is 0 Å². The second-order valence-corrected chi connectivity index (χ2v) is 5.40. The zero-order valence-corrected chi connectivity index (χ0v) is 13.1. The van der Waals surface area contributed by atoms with Crippen molar-refractivity contribution >= 4 is 17.8 Å². The highest BCUT2D eigenvalue weighted by Crippen LogP contribution is 2.15. The molecule has 0 saturated carbocycles. The van der Waals surface area contributed by atoms with Gasteiger partial charge in [-0.25, -0.2) is 9.82 Å². The number of rotatable bonds is 4. The molecule has 0 aromatic heterocycles. The van der Waals surface area contributed by atoms with Crippen molar-refractivity contribution in [2.45, 2.75) is 0 Å². The van der Waals surface area contributed by atoms with Crippen LogP contribution in [0.4, 0.5) is 10.1 Å². The molecule has 0 atom stereocenters. The number of benzene rings is 2. The van der Waals surface area contributed by atoms with E-state index in [1.807, 2.05) is 24.3 Å². The minimum Gasteiger partial charge on any atom is -0.378 e. The van der Waals surface area contributed by atoms with Crippen LogP contribution in [-0.2, 0) is 4.74 Å². The zero-order valence-electron chi connectivity index (χ0n) is 13.1. The van der Waals surface area contributed by atoms with Crippen LogP contribution in [0.3, 0.4) is 0 Å². The van der Waals surface area contributed by atoms with Gasteiger partial charge in [0.1, 0.15) is 5.82 Å². The van der Waals surface area contributed by atoms with Gasteiger partial charge in [0.2, 0.25) is 0 Å². The molecule has 2 aromatic carbocycles. The highest BCUT2D eigenvalue weighted by molar-refractivity contribution is 5.94. The lowest BCUT2D eigenvalue weighted by atomic mass is 10.2. The molecule has 0 aliphatic carbocycles. The summed E-state index contributed by atoms with van der Waals surface area (Å²) in [5, 5.41) is 3.93. The van der Waals surface area contributed by atoms with Crippen LogP contribution in [0.2, 0.25) is 0 Å². The van der Waals surface area contributed by atoms with Gasteiger partial charge in [0, 0.05) is 24.3 Å². The Morgan fingerprint density at radius 3 is 2.42 bits per heavy atom. The molecule has 1 saturated heterocycles. The van der Waals surface area contributed by atoms with Crippen molar-refractivity contribution in [3.63, 3.8) is 0 Å². The van der Waals surface area contributed by atoms with E-state index in [1.165, 1.54) is 24.3 Å². The molecule has 1 aliphatic heterocycles. The van der Waals surface area contributed by atoms with Crippen LogP contribution in [0.5, 0.6) is 0 Å². The quantitative estimate of drug-likeness (QED) is 0.693. The summed E-state index contributed by atoms with van der Waals surface area (Å²) in [6, 6.07) is 13.2. The summed E-state index contributed by atoms with van der Waals surface area (Å²) in [5.41, 5.74) is 4.81. The van der Waals surface area contributed by atoms with Gasteiger partial charge < -0.3 is 9.64 Å². The topological polar surface area (TPSA) is 53.9 Å². The van der Waals surface area contributed by atoms with Crippen molar-refractivity contribution < 1.29 is 13.9 Å². The summed E-state index contributed by atoms with van der Waals surface area (Å²) in [6.45, 7) is 3.28. The number of carbonyl (C=O) groups excluding carboxylic acids is 1. The molecule has 1 heterocycles. The first-order valence-corrected chi connectivity index (χ1v) is 7.74. The number of hydrogen-bond donors (Lipinski definition) is 1. The standard InChI is InChI=1S/C18H18FN3O2/c19-16-5-3-15(4-6-16)18(23)21-20-13-14-1-7-17(8-2-14)22-9-11-24-12-10-22/h1-8,13H,9-12H2,(H,21,23)/b20-13+. The average molecular weight is 327 g/mol. The number of carbonyl (C=O) groups is 1. The average Bonchev–Trinajstić information content (AvgIpc) is 2.63. The first-order valence-electron chi connectivity index (χ1n) is 7.74. The van der Waals surface area contributed by atoms with E-state index in [9.17, 15) is 9.18 Å². The summed E-state index contributed by atoms with van der Waals surface area (Å²) in [6.07, 6.45) is 1.57. The van der Waals surface area contributed by atoms with Crippen molar-refractivity contribution in [1.82, 2.24) is 5.43 Å². The van der Waals surface area contributed by atoms with Crippen LogP contribution in [0.1, 0.15) is 15.9 Å². The lowest BCUT2D eigenvalue weighted by Crippen LogP contribution is -2.36. The first-order chi connectivity index (χ1) is 11.7. The van der Waals surface area contributed by atoms with Crippen molar-refractivity contribution in [3.8, 4) is 0 Å². The van der Waals surface area contributed by atoms with Gasteiger partial charge in [0.05, 0.1) is 19.4 Å². The molecule has 0 radical (unpaired) electrons. The van der Waals surface area contributed by atoms with Crippen molar-refractivity contribution in [1.29, 1.82) is 0 Å². The van der Waals surface area contributed by atoms with E-state index < -0.39 is 0 Å². The number of hydrazone groups is 1. The van der Waals surface area contributed by atoms with E-state index in [2.05, 4.69) is 15.4 Å². The number of ether oxygens (including phenoxy) is 1. The molecule has 3 rings (SSSR count). The third kappa shape index (κ3) is 4.17. The van der Waals surface area contributed by atoms with Gasteiger partial charge in [-0.2, -0.15) is 5.10 Å². The maximum atomic E-state index is 12.8. The summed E-state index contributed by atoms with van der Waals surface area (Å²) in [4.78, 5) is 14.1. The fraction of sp³-hybridized carbons (Fsp3) is 0.222. The number of hydrogen-bond acceptors (Lipinski definition) is 4. The van der Waals surface area contributed by atoms with Gasteiger partial charge in [-0.15, -0.1) is 0 Å². The normalized spacial score (nSPS) is 14.8. The molecule has 1 aliphatic rings. The van der Waals surface area contributed by atoms with Crippen LogP contribution in [-0.4, -0.2) is 38.4 Å². The Morgan fingerprint density at radius 1 is 1.08 bits per heavy atom. The Balaban J connectivity index is 1.56. The lowest BCUT2D eigenvalue weighted by Gasteiger charge is -2.28. The van der Waals surface area contributed by atoms with E-state index in [4.69, 9.17) is 4.74 Å². The predicted octanol–water partition coefficient (Wildman–Crippen LogP) is 2.43. The third-order valence-electron chi connectivity index (χ3n) is 3.76.